The van der Waals surface area contributed by atoms with Crippen LogP contribution < -0.4 is 4.52 Å². The summed E-state index contributed by atoms with van der Waals surface area (Å²) < 4.78 is 17.0. The van der Waals surface area contributed by atoms with E-state index in [1.54, 1.807) is 19.1 Å². The van der Waals surface area contributed by atoms with Crippen molar-refractivity contribution in [3.63, 3.8) is 0 Å². The van der Waals surface area contributed by atoms with Gasteiger partial charge in [-0.2, -0.15) is 0 Å². The van der Waals surface area contributed by atoms with Crippen LogP contribution >= 0.6 is 8.03 Å². The van der Waals surface area contributed by atoms with Gasteiger partial charge in [0.15, 0.2) is 5.75 Å². The van der Waals surface area contributed by atoms with Gasteiger partial charge in [0.2, 0.25) is 5.31 Å². The first-order valence-electron chi connectivity index (χ1n) is 7.01. The normalized spacial score (nSPS) is 11.9. The zero-order valence-electron chi connectivity index (χ0n) is 13.0. The molecule has 0 amide bonds. The molecule has 0 aliphatic rings. The summed E-state index contributed by atoms with van der Waals surface area (Å²) in [6, 6.07) is 14.8. The van der Waals surface area contributed by atoms with E-state index < -0.39 is 8.03 Å². The molecule has 4 heteroatoms. The van der Waals surface area contributed by atoms with Gasteiger partial charge in [-0.25, -0.2) is 0 Å². The largest absolute Gasteiger partial charge is 0.591 e. The van der Waals surface area contributed by atoms with Crippen LogP contribution in [0.3, 0.4) is 0 Å². The molecule has 0 aliphatic carbocycles. The molecule has 0 aromatic heterocycles. The molecule has 1 N–H and O–H groups in total. The molecule has 2 rings (SSSR count). The van der Waals surface area contributed by atoms with Crippen LogP contribution in [0.4, 0.5) is 0 Å². The fraction of sp³-hybridized carbons (Fsp3) is 0.222. The van der Waals surface area contributed by atoms with Crippen molar-refractivity contribution in [2.45, 2.75) is 26.2 Å². The van der Waals surface area contributed by atoms with Crippen LogP contribution in [0, 0.1) is 0 Å². The molecule has 0 fully saturated rings. The van der Waals surface area contributed by atoms with Crippen molar-refractivity contribution in [2.24, 2.45) is 0 Å². The Balaban J connectivity index is 2.23. The van der Waals surface area contributed by atoms with Crippen LogP contribution in [0.1, 0.15) is 31.9 Å². The van der Waals surface area contributed by atoms with E-state index in [1.165, 1.54) is 0 Å². The maximum Gasteiger partial charge on any atom is 0.591 e. The highest BCUT2D eigenvalue weighted by Crippen LogP contribution is 2.36. The molecule has 1 atom stereocenters. The zero-order chi connectivity index (χ0) is 16.3. The van der Waals surface area contributed by atoms with Gasteiger partial charge in [0.1, 0.15) is 5.75 Å². The molecule has 2 aromatic rings. The van der Waals surface area contributed by atoms with Crippen LogP contribution in [-0.2, 0) is 9.98 Å². The van der Waals surface area contributed by atoms with Crippen molar-refractivity contribution in [1.82, 2.24) is 0 Å². The number of rotatable bonds is 5. The van der Waals surface area contributed by atoms with Crippen molar-refractivity contribution in [3.8, 4) is 11.5 Å². The lowest BCUT2D eigenvalue weighted by atomic mass is 9.78. The summed E-state index contributed by atoms with van der Waals surface area (Å²) in [6.07, 6.45) is 0. The van der Waals surface area contributed by atoms with Crippen LogP contribution in [0.25, 0.3) is 0 Å². The molecule has 114 valence electrons. The maximum absolute atomic E-state index is 11.7. The molecule has 0 aliphatic heterocycles. The Morgan fingerprint density at radius 2 is 1.50 bits per heavy atom. The quantitative estimate of drug-likeness (QED) is 0.754. The summed E-state index contributed by atoms with van der Waals surface area (Å²) in [6.45, 7) is 9.54. The van der Waals surface area contributed by atoms with E-state index in [4.69, 9.17) is 4.52 Å². The number of benzene rings is 2. The molecule has 3 nitrogen and oxygen atoms in total. The highest BCUT2D eigenvalue weighted by Gasteiger charge is 2.24. The van der Waals surface area contributed by atoms with E-state index in [0.29, 0.717) is 11.1 Å². The fourth-order valence-electron chi connectivity index (χ4n) is 2.15. The minimum atomic E-state index is -1.87. The number of phenolic OH excluding ortho intramolecular Hbond substituents is 1. The minimum absolute atomic E-state index is 0.206. The Hall–Kier alpha value is -2.12. The number of hydrogen-bond donors (Lipinski definition) is 1. The van der Waals surface area contributed by atoms with Gasteiger partial charge in [-0.3, -0.25) is 4.52 Å². The molecule has 2 aromatic carbocycles. The van der Waals surface area contributed by atoms with E-state index in [0.717, 1.165) is 11.1 Å². The number of phenols is 1. The monoisotopic (exact) mass is 315 g/mol. The van der Waals surface area contributed by atoms with Gasteiger partial charge in [-0.15, -0.1) is 0 Å². The SMILES string of the molecule is C=C(C)[P+](=O)Oc1ccc(C(C)(C)c2ccc(O)cc2)cc1. The summed E-state index contributed by atoms with van der Waals surface area (Å²) in [5.74, 6) is 0.821. The molecule has 22 heavy (non-hydrogen) atoms. The topological polar surface area (TPSA) is 46.5 Å². The lowest BCUT2D eigenvalue weighted by Crippen LogP contribution is -2.18. The molecule has 0 saturated heterocycles. The van der Waals surface area contributed by atoms with E-state index in [-0.39, 0.29) is 11.2 Å². The first-order valence-corrected chi connectivity index (χ1v) is 8.19. The standard InChI is InChI=1S/C18H19O3P/c1-13(2)22(20)21-17-11-7-15(8-12-17)18(3,4)14-5-9-16(19)10-6-14/h5-12H,1H2,2-4H3/p+1. The fourth-order valence-corrected chi connectivity index (χ4v) is 2.62. The Morgan fingerprint density at radius 1 is 1.05 bits per heavy atom. The van der Waals surface area contributed by atoms with E-state index in [9.17, 15) is 9.67 Å². The summed E-state index contributed by atoms with van der Waals surface area (Å²) in [7, 11) is -1.87. The highest BCUT2D eigenvalue weighted by molar-refractivity contribution is 7.44. The van der Waals surface area contributed by atoms with Crippen molar-refractivity contribution in [3.05, 3.63) is 71.6 Å². The summed E-state index contributed by atoms with van der Waals surface area (Å²) >= 11 is 0. The van der Waals surface area contributed by atoms with Crippen molar-refractivity contribution < 1.29 is 14.2 Å². The highest BCUT2D eigenvalue weighted by atomic mass is 31.1. The van der Waals surface area contributed by atoms with Gasteiger partial charge >= 0.3 is 8.03 Å². The first kappa shape index (κ1) is 16.3. The predicted molar refractivity (Wildman–Crippen MR) is 89.7 cm³/mol. The number of aromatic hydroxyl groups is 1. The second-order valence-electron chi connectivity index (χ2n) is 5.78. The Kier molecular flexibility index (Phi) is 4.68. The number of allylic oxidation sites excluding steroid dienone is 1. The minimum Gasteiger partial charge on any atom is -0.508 e. The van der Waals surface area contributed by atoms with Gasteiger partial charge < -0.3 is 5.11 Å². The molecule has 0 radical (unpaired) electrons. The molecule has 0 bridgehead atoms. The average molecular weight is 315 g/mol. The van der Waals surface area contributed by atoms with E-state index in [2.05, 4.69) is 20.4 Å². The third kappa shape index (κ3) is 3.55. The predicted octanol–water partition coefficient (Wildman–Crippen LogP) is 5.37. The molecule has 0 spiro atoms. The third-order valence-corrected chi connectivity index (χ3v) is 4.66. The van der Waals surface area contributed by atoms with Gasteiger partial charge in [0, 0.05) is 12.3 Å². The molecule has 1 unspecified atom stereocenters. The van der Waals surface area contributed by atoms with Crippen molar-refractivity contribution in [1.29, 1.82) is 0 Å². The molecular weight excluding hydrogens is 295 g/mol. The first-order chi connectivity index (χ1) is 10.3. The van der Waals surface area contributed by atoms with Gasteiger partial charge in [0.25, 0.3) is 0 Å². The van der Waals surface area contributed by atoms with Crippen LogP contribution in [0.2, 0.25) is 0 Å². The van der Waals surface area contributed by atoms with Crippen LogP contribution in [0.15, 0.2) is 60.4 Å². The Labute approximate surface area is 132 Å². The Bertz CT molecular complexity index is 685. The summed E-state index contributed by atoms with van der Waals surface area (Å²) in [4.78, 5) is 0. The van der Waals surface area contributed by atoms with Gasteiger partial charge in [-0.05, 0) is 46.5 Å². The summed E-state index contributed by atoms with van der Waals surface area (Å²) in [5, 5.41) is 9.92. The maximum atomic E-state index is 11.7. The smallest absolute Gasteiger partial charge is 0.508 e. The average Bonchev–Trinajstić information content (AvgIpc) is 2.48. The van der Waals surface area contributed by atoms with E-state index in [1.807, 2.05) is 36.4 Å². The van der Waals surface area contributed by atoms with Crippen LogP contribution in [0.5, 0.6) is 11.5 Å². The molecule has 0 saturated carbocycles. The molecule has 0 heterocycles. The number of hydrogen-bond acceptors (Lipinski definition) is 3. The van der Waals surface area contributed by atoms with Gasteiger partial charge in [0.05, 0.1) is 0 Å². The summed E-state index contributed by atoms with van der Waals surface area (Å²) in [5.41, 5.74) is 2.01. The van der Waals surface area contributed by atoms with Crippen molar-refractivity contribution >= 4 is 8.03 Å². The third-order valence-electron chi connectivity index (χ3n) is 3.66. The lowest BCUT2D eigenvalue weighted by Gasteiger charge is -2.26. The lowest BCUT2D eigenvalue weighted by molar-refractivity contribution is 0.474. The van der Waals surface area contributed by atoms with Gasteiger partial charge in [-0.1, -0.05) is 38.1 Å². The van der Waals surface area contributed by atoms with E-state index >= 15 is 0 Å². The second-order valence-corrected chi connectivity index (χ2v) is 7.24. The Morgan fingerprint density at radius 3 is 1.95 bits per heavy atom. The van der Waals surface area contributed by atoms with Crippen LogP contribution in [-0.4, -0.2) is 5.11 Å². The van der Waals surface area contributed by atoms with Crippen molar-refractivity contribution in [2.75, 3.05) is 0 Å². The second kappa shape index (κ2) is 6.33. The zero-order valence-corrected chi connectivity index (χ0v) is 13.9. The molecular formula is C18H20O3P+.